The molecule has 0 radical (unpaired) electrons. The minimum Gasteiger partial charge on any atom is -0.491 e. The van der Waals surface area contributed by atoms with Crippen molar-refractivity contribution in [3.05, 3.63) is 42.4 Å². The molecule has 4 aliphatic rings. The molecule has 2 aliphatic heterocycles. The van der Waals surface area contributed by atoms with Gasteiger partial charge in [-0.25, -0.2) is 27.0 Å². The molecule has 2 aliphatic carbocycles. The van der Waals surface area contributed by atoms with Crippen molar-refractivity contribution in [3.8, 4) is 11.6 Å². The topological polar surface area (TPSA) is 185 Å². The Kier molecular flexibility index (Phi) is 12.1. The van der Waals surface area contributed by atoms with Gasteiger partial charge in [-0.3, -0.25) is 24.0 Å². The lowest BCUT2D eigenvalue weighted by atomic mass is 9.85. The molecule has 0 bridgehead atoms. The van der Waals surface area contributed by atoms with Crippen molar-refractivity contribution in [1.29, 1.82) is 0 Å². The van der Waals surface area contributed by atoms with E-state index in [1.165, 1.54) is 19.2 Å². The molecule has 14 nitrogen and oxygen atoms in total. The standard InChI is InChI=1S/C40H50F5N5O9S/c1-6-58-30-16-24-11-14-46-33(27(24)18-28(30)42)59-26-17-29-32(51)47-39(35(53)48-60(56,57)38(21-41)12-13-38)19-25(39)10-8-7-9-22(2)15-23(3)31(34(52)49(29)20-26)50(36(54)55)37(4,5)40(43,44)45/h8,10-11,14,16,18,22-23,25-26,29,31H,6-7,9,12-13,15,17,19-21H2,1-5H3,(H,47,51)(H,48,53)(H,54,55)/t22-,23+,25+,26+,29-,31-,39+/m0/s1. The first-order chi connectivity index (χ1) is 28.0. The fourth-order valence-corrected chi connectivity index (χ4v) is 9.83. The summed E-state index contributed by atoms with van der Waals surface area (Å²) >= 11 is 0. The fourth-order valence-electron chi connectivity index (χ4n) is 8.40. The average molecular weight is 872 g/mol. The summed E-state index contributed by atoms with van der Waals surface area (Å²) in [5.41, 5.74) is -4.97. The molecule has 7 atom stereocenters. The number of carbonyl (C=O) groups is 4. The van der Waals surface area contributed by atoms with Crippen LogP contribution in [0.3, 0.4) is 0 Å². The predicted molar refractivity (Wildman–Crippen MR) is 206 cm³/mol. The first kappa shape index (κ1) is 44.8. The van der Waals surface area contributed by atoms with Crippen LogP contribution in [0.5, 0.6) is 11.6 Å². The van der Waals surface area contributed by atoms with E-state index in [0.717, 1.165) is 11.0 Å². The van der Waals surface area contributed by atoms with Crippen LogP contribution < -0.4 is 19.5 Å². The molecule has 0 unspecified atom stereocenters. The van der Waals surface area contributed by atoms with Gasteiger partial charge in [0.2, 0.25) is 27.7 Å². The van der Waals surface area contributed by atoms with Crippen LogP contribution in [0, 0.1) is 23.6 Å². The van der Waals surface area contributed by atoms with Crippen molar-refractivity contribution < 1.29 is 64.1 Å². The zero-order valence-corrected chi connectivity index (χ0v) is 34.7. The van der Waals surface area contributed by atoms with Crippen LogP contribution in [0.15, 0.2) is 36.5 Å². The number of nitrogens with one attached hydrogen (secondary N) is 2. The summed E-state index contributed by atoms with van der Waals surface area (Å²) in [6.45, 7) is 4.70. The fraction of sp³-hybridized carbons (Fsp3) is 0.625. The van der Waals surface area contributed by atoms with E-state index in [1.807, 2.05) is 4.72 Å². The lowest BCUT2D eigenvalue weighted by molar-refractivity contribution is -0.222. The number of hydrogen-bond acceptors (Lipinski definition) is 9. The summed E-state index contributed by atoms with van der Waals surface area (Å²) in [5, 5.41) is 13.7. The summed E-state index contributed by atoms with van der Waals surface area (Å²) in [6.07, 6.45) is -3.10. The molecule has 1 aromatic heterocycles. The zero-order chi connectivity index (χ0) is 44.2. The highest BCUT2D eigenvalue weighted by atomic mass is 32.2. The highest BCUT2D eigenvalue weighted by molar-refractivity contribution is 7.91. The number of hydrogen-bond donors (Lipinski definition) is 3. The number of allylic oxidation sites excluding steroid dienone is 1. The monoisotopic (exact) mass is 871 g/mol. The number of aromatic nitrogens is 1. The zero-order valence-electron chi connectivity index (χ0n) is 33.9. The van der Waals surface area contributed by atoms with Gasteiger partial charge >= 0.3 is 12.3 Å². The molecule has 20 heteroatoms. The van der Waals surface area contributed by atoms with E-state index in [0.29, 0.717) is 32.1 Å². The maximum absolute atomic E-state index is 15.1. The molecular formula is C40H50F5N5O9S. The van der Waals surface area contributed by atoms with E-state index >= 15 is 4.39 Å². The Hall–Kier alpha value is -4.75. The second-order valence-electron chi connectivity index (χ2n) is 17.0. The Balaban J connectivity index is 1.42. The van der Waals surface area contributed by atoms with E-state index in [2.05, 4.69) is 10.3 Å². The molecule has 330 valence electrons. The van der Waals surface area contributed by atoms with Crippen LogP contribution in [-0.4, -0.2) is 112 Å². The molecule has 0 spiro atoms. The summed E-state index contributed by atoms with van der Waals surface area (Å²) in [7, 11) is -4.53. The van der Waals surface area contributed by atoms with E-state index in [1.54, 1.807) is 32.1 Å². The van der Waals surface area contributed by atoms with Crippen molar-refractivity contribution in [1.82, 2.24) is 24.8 Å². The Morgan fingerprint density at radius 2 is 1.85 bits per heavy atom. The van der Waals surface area contributed by atoms with Crippen LogP contribution in [0.1, 0.15) is 79.6 Å². The van der Waals surface area contributed by atoms with Gasteiger partial charge in [0.15, 0.2) is 11.6 Å². The third-order valence-corrected chi connectivity index (χ3v) is 14.5. The smallest absolute Gasteiger partial charge is 0.411 e. The van der Waals surface area contributed by atoms with Gasteiger partial charge in [0, 0.05) is 23.9 Å². The molecule has 4 amide bonds. The van der Waals surface area contributed by atoms with Crippen LogP contribution in [0.2, 0.25) is 0 Å². The molecule has 1 saturated heterocycles. The highest BCUT2D eigenvalue weighted by Gasteiger charge is 2.64. The summed E-state index contributed by atoms with van der Waals surface area (Å²) in [6, 6.07) is 0.540. The SMILES string of the molecule is CCOc1cc2ccnc(O[C@@H]3C[C@H]4C(=O)N[C@]5(C(=O)NS(=O)(=O)C6(CF)CC6)C[C@H]5C=CCC[C@H](C)C[C@@H](C)[C@H](N(C(=O)O)C(C)(C)C(F)(F)F)C(=O)N4C3)c2cc1F. The molecular weight excluding hydrogens is 822 g/mol. The first-order valence-electron chi connectivity index (χ1n) is 19.9. The lowest BCUT2D eigenvalue weighted by Gasteiger charge is -2.45. The van der Waals surface area contributed by atoms with Gasteiger partial charge in [0.1, 0.15) is 40.7 Å². The number of pyridine rings is 1. The number of rotatable bonds is 10. The average Bonchev–Trinajstić information content (AvgIpc) is 4.06. The number of alkyl halides is 4. The van der Waals surface area contributed by atoms with Gasteiger partial charge in [0.25, 0.3) is 5.91 Å². The minimum absolute atomic E-state index is 0.0164. The number of benzene rings is 1. The maximum atomic E-state index is 15.1. The van der Waals surface area contributed by atoms with Crippen molar-refractivity contribution in [3.63, 3.8) is 0 Å². The molecule has 2 saturated carbocycles. The Morgan fingerprint density at radius 3 is 2.47 bits per heavy atom. The molecule has 1 aromatic carbocycles. The van der Waals surface area contributed by atoms with Crippen molar-refractivity contribution >= 4 is 44.6 Å². The van der Waals surface area contributed by atoms with Crippen molar-refractivity contribution in [2.24, 2.45) is 17.8 Å². The molecule has 3 fully saturated rings. The highest BCUT2D eigenvalue weighted by Crippen LogP contribution is 2.48. The van der Waals surface area contributed by atoms with Crippen molar-refractivity contribution in [2.75, 3.05) is 19.8 Å². The lowest BCUT2D eigenvalue weighted by Crippen LogP contribution is -2.66. The third-order valence-electron chi connectivity index (χ3n) is 12.4. The van der Waals surface area contributed by atoms with Gasteiger partial charge in [0.05, 0.1) is 13.2 Å². The van der Waals surface area contributed by atoms with Crippen LogP contribution in [-0.2, 0) is 24.4 Å². The van der Waals surface area contributed by atoms with Gasteiger partial charge in [-0.05, 0) is 94.7 Å². The van der Waals surface area contributed by atoms with Gasteiger partial charge in [-0.1, -0.05) is 26.0 Å². The number of sulfonamides is 1. The maximum Gasteiger partial charge on any atom is 0.411 e. The number of carboxylic acid groups (broad SMARTS) is 1. The van der Waals surface area contributed by atoms with E-state index in [4.69, 9.17) is 9.47 Å². The number of halogens is 5. The van der Waals surface area contributed by atoms with Crippen molar-refractivity contribution in [2.45, 2.75) is 120 Å². The largest absolute Gasteiger partial charge is 0.491 e. The second-order valence-corrected chi connectivity index (χ2v) is 19.1. The second kappa shape index (κ2) is 16.3. The quantitative estimate of drug-likeness (QED) is 0.199. The minimum atomic E-state index is -5.15. The van der Waals surface area contributed by atoms with E-state index < -0.39 is 105 Å². The Labute approximate surface area is 344 Å². The molecule has 2 aromatic rings. The van der Waals surface area contributed by atoms with Crippen LogP contribution in [0.4, 0.5) is 26.7 Å². The summed E-state index contributed by atoms with van der Waals surface area (Å²) < 4.78 is 111. The Morgan fingerprint density at radius 1 is 1.15 bits per heavy atom. The number of carbonyl (C=O) groups excluding carboxylic acids is 3. The molecule has 60 heavy (non-hydrogen) atoms. The number of amides is 4. The number of ether oxygens (including phenoxy) is 2. The molecule has 3 heterocycles. The molecule has 3 N–H and O–H groups in total. The summed E-state index contributed by atoms with van der Waals surface area (Å²) in [4.78, 5) is 61.6. The summed E-state index contributed by atoms with van der Waals surface area (Å²) in [5.74, 6) is -6.17. The normalized spacial score (nSPS) is 28.4. The number of nitrogens with zero attached hydrogens (tertiary/aromatic N) is 3. The molecule has 6 rings (SSSR count). The first-order valence-corrected chi connectivity index (χ1v) is 21.4. The van der Waals surface area contributed by atoms with Crippen LogP contribution >= 0.6 is 0 Å². The third kappa shape index (κ3) is 8.31. The Bertz CT molecular complexity index is 2170. The van der Waals surface area contributed by atoms with E-state index in [-0.39, 0.29) is 66.5 Å². The van der Waals surface area contributed by atoms with Gasteiger partial charge < -0.3 is 24.8 Å². The van der Waals surface area contributed by atoms with Gasteiger partial charge in [-0.15, -0.1) is 0 Å². The van der Waals surface area contributed by atoms with E-state index in [9.17, 15) is 50.3 Å². The van der Waals surface area contributed by atoms with Crippen LogP contribution in [0.25, 0.3) is 10.8 Å². The van der Waals surface area contributed by atoms with Gasteiger partial charge in [-0.2, -0.15) is 13.2 Å². The predicted octanol–water partition coefficient (Wildman–Crippen LogP) is 5.65. The number of fused-ring (bicyclic) bond motifs is 3.